The molecule has 0 heterocycles. The molecule has 0 rings (SSSR count). The maximum atomic E-state index is 9.83. The van der Waals surface area contributed by atoms with Crippen molar-refractivity contribution in [2.75, 3.05) is 26.9 Å². The lowest BCUT2D eigenvalue weighted by molar-refractivity contribution is 0.0122. The van der Waals surface area contributed by atoms with Gasteiger partial charge in [0.1, 0.15) is 12.7 Å². The summed E-state index contributed by atoms with van der Waals surface area (Å²) in [5.74, 6) is 0. The SMILES string of the molecule is CC(COC(=O)O)OC(=O)O.COCCO. The predicted molar refractivity (Wildman–Crippen MR) is 51.5 cm³/mol. The molecule has 0 radical (unpaired) electrons. The highest BCUT2D eigenvalue weighted by molar-refractivity contribution is 5.58. The number of hydrogen-bond donors (Lipinski definition) is 3. The highest BCUT2D eigenvalue weighted by Crippen LogP contribution is 1.92. The molecule has 0 aromatic carbocycles. The Morgan fingerprint density at radius 3 is 2.06 bits per heavy atom. The average molecular weight is 240 g/mol. The lowest BCUT2D eigenvalue weighted by atomic mass is 10.4. The Morgan fingerprint density at radius 2 is 1.81 bits per heavy atom. The molecule has 0 aliphatic carbocycles. The highest BCUT2D eigenvalue weighted by atomic mass is 16.7. The quantitative estimate of drug-likeness (QED) is 0.589. The molecule has 0 amide bonds. The van der Waals surface area contributed by atoms with Gasteiger partial charge in [0, 0.05) is 7.11 Å². The summed E-state index contributed by atoms with van der Waals surface area (Å²) in [4.78, 5) is 19.6. The van der Waals surface area contributed by atoms with Crippen molar-refractivity contribution in [1.29, 1.82) is 0 Å². The normalized spacial score (nSPS) is 10.7. The number of carbonyl (C=O) groups is 2. The lowest BCUT2D eigenvalue weighted by Crippen LogP contribution is -2.20. The van der Waals surface area contributed by atoms with Gasteiger partial charge in [-0.15, -0.1) is 0 Å². The minimum atomic E-state index is -1.45. The third-order valence-corrected chi connectivity index (χ3v) is 1.04. The fourth-order valence-electron chi connectivity index (χ4n) is 0.486. The standard InChI is InChI=1S/C5H8O6.C3H8O2/c1-3(11-5(8)9)2-10-4(6)7;1-5-3-2-4/h3H,2H2,1H3,(H,6,7)(H,8,9);4H,2-3H2,1H3. The van der Waals surface area contributed by atoms with E-state index in [-0.39, 0.29) is 13.2 Å². The largest absolute Gasteiger partial charge is 0.506 e. The molecule has 0 aliphatic rings. The van der Waals surface area contributed by atoms with Crippen molar-refractivity contribution in [3.8, 4) is 0 Å². The van der Waals surface area contributed by atoms with Gasteiger partial charge in [0.2, 0.25) is 0 Å². The zero-order chi connectivity index (χ0) is 13.0. The Balaban J connectivity index is 0. The second-order valence-electron chi connectivity index (χ2n) is 2.49. The summed E-state index contributed by atoms with van der Waals surface area (Å²) in [5.41, 5.74) is 0. The molecular formula is C8H16O8. The van der Waals surface area contributed by atoms with Gasteiger partial charge in [-0.1, -0.05) is 0 Å². The minimum absolute atomic E-state index is 0.122. The first-order chi connectivity index (χ1) is 7.43. The maximum Gasteiger partial charge on any atom is 0.506 e. The molecule has 8 heteroatoms. The smallest absolute Gasteiger partial charge is 0.450 e. The molecule has 3 N–H and O–H groups in total. The third-order valence-electron chi connectivity index (χ3n) is 1.04. The highest BCUT2D eigenvalue weighted by Gasteiger charge is 2.09. The van der Waals surface area contributed by atoms with Crippen LogP contribution < -0.4 is 0 Å². The number of methoxy groups -OCH3 is 1. The summed E-state index contributed by atoms with van der Waals surface area (Å²) in [6.45, 7) is 1.66. The summed E-state index contributed by atoms with van der Waals surface area (Å²) in [6, 6.07) is 0. The second-order valence-corrected chi connectivity index (χ2v) is 2.49. The Kier molecular flexibility index (Phi) is 12.2. The Morgan fingerprint density at radius 1 is 1.25 bits per heavy atom. The Hall–Kier alpha value is -1.54. The number of aliphatic hydroxyl groups is 1. The monoisotopic (exact) mass is 240 g/mol. The average Bonchev–Trinajstić information content (AvgIpc) is 2.16. The van der Waals surface area contributed by atoms with Crippen molar-refractivity contribution in [1.82, 2.24) is 0 Å². The van der Waals surface area contributed by atoms with Gasteiger partial charge in [0.15, 0.2) is 0 Å². The zero-order valence-electron chi connectivity index (χ0n) is 9.08. The van der Waals surface area contributed by atoms with E-state index >= 15 is 0 Å². The topological polar surface area (TPSA) is 123 Å². The van der Waals surface area contributed by atoms with Gasteiger partial charge in [-0.25, -0.2) is 9.59 Å². The fourth-order valence-corrected chi connectivity index (χ4v) is 0.486. The number of ether oxygens (including phenoxy) is 3. The lowest BCUT2D eigenvalue weighted by Gasteiger charge is -2.08. The van der Waals surface area contributed by atoms with Gasteiger partial charge >= 0.3 is 12.3 Å². The first kappa shape index (κ1) is 16.9. The van der Waals surface area contributed by atoms with Gasteiger partial charge in [0.05, 0.1) is 13.2 Å². The van der Waals surface area contributed by atoms with Gasteiger partial charge in [-0.2, -0.15) is 0 Å². The molecular weight excluding hydrogens is 224 g/mol. The number of aliphatic hydroxyl groups excluding tert-OH is 1. The van der Waals surface area contributed by atoms with Gasteiger partial charge < -0.3 is 29.5 Å². The van der Waals surface area contributed by atoms with Gasteiger partial charge in [-0.05, 0) is 6.92 Å². The van der Waals surface area contributed by atoms with E-state index in [9.17, 15) is 9.59 Å². The number of hydrogen-bond acceptors (Lipinski definition) is 6. The molecule has 8 nitrogen and oxygen atoms in total. The summed E-state index contributed by atoms with van der Waals surface area (Å²) < 4.78 is 12.6. The van der Waals surface area contributed by atoms with Crippen LogP contribution in [-0.2, 0) is 14.2 Å². The first-order valence-electron chi connectivity index (χ1n) is 4.29. The van der Waals surface area contributed by atoms with Crippen LogP contribution in [0.15, 0.2) is 0 Å². The maximum absolute atomic E-state index is 9.83. The molecule has 0 aliphatic heterocycles. The van der Waals surface area contributed by atoms with E-state index < -0.39 is 18.4 Å². The van der Waals surface area contributed by atoms with E-state index in [0.29, 0.717) is 6.61 Å². The molecule has 1 unspecified atom stereocenters. The van der Waals surface area contributed by atoms with Crippen molar-refractivity contribution in [2.24, 2.45) is 0 Å². The number of rotatable bonds is 5. The summed E-state index contributed by atoms with van der Waals surface area (Å²) in [7, 11) is 1.55. The molecule has 16 heavy (non-hydrogen) atoms. The Bertz CT molecular complexity index is 190. The number of carboxylic acid groups (broad SMARTS) is 2. The van der Waals surface area contributed by atoms with Crippen LogP contribution in [0.2, 0.25) is 0 Å². The molecule has 0 saturated carbocycles. The first-order valence-corrected chi connectivity index (χ1v) is 4.29. The third kappa shape index (κ3) is 18.3. The Labute approximate surface area is 92.3 Å². The van der Waals surface area contributed by atoms with E-state index in [1.54, 1.807) is 7.11 Å². The van der Waals surface area contributed by atoms with Crippen molar-refractivity contribution in [3.05, 3.63) is 0 Å². The van der Waals surface area contributed by atoms with E-state index in [2.05, 4.69) is 14.2 Å². The van der Waals surface area contributed by atoms with Gasteiger partial charge in [-0.3, -0.25) is 0 Å². The van der Waals surface area contributed by atoms with Crippen LogP contribution in [0.3, 0.4) is 0 Å². The van der Waals surface area contributed by atoms with Crippen LogP contribution in [0.4, 0.5) is 9.59 Å². The van der Waals surface area contributed by atoms with E-state index in [4.69, 9.17) is 15.3 Å². The van der Waals surface area contributed by atoms with E-state index in [0.717, 1.165) is 0 Å². The molecule has 0 aromatic heterocycles. The van der Waals surface area contributed by atoms with Crippen molar-refractivity contribution in [2.45, 2.75) is 13.0 Å². The van der Waals surface area contributed by atoms with Crippen molar-refractivity contribution in [3.63, 3.8) is 0 Å². The van der Waals surface area contributed by atoms with Crippen molar-refractivity contribution >= 4 is 12.3 Å². The molecule has 0 saturated heterocycles. The van der Waals surface area contributed by atoms with Crippen molar-refractivity contribution < 1.29 is 39.1 Å². The van der Waals surface area contributed by atoms with E-state index in [1.807, 2.05) is 0 Å². The molecule has 0 aromatic rings. The van der Waals surface area contributed by atoms with Gasteiger partial charge in [0.25, 0.3) is 0 Å². The second kappa shape index (κ2) is 11.5. The summed E-state index contributed by atoms with van der Waals surface area (Å²) in [6.07, 6.45) is -3.68. The van der Waals surface area contributed by atoms with Crippen LogP contribution in [0.1, 0.15) is 6.92 Å². The summed E-state index contributed by atoms with van der Waals surface area (Å²) in [5, 5.41) is 23.9. The minimum Gasteiger partial charge on any atom is -0.450 e. The van der Waals surface area contributed by atoms with Crippen LogP contribution in [0, 0.1) is 0 Å². The molecule has 0 bridgehead atoms. The zero-order valence-corrected chi connectivity index (χ0v) is 9.08. The predicted octanol–water partition coefficient (Wildman–Crippen LogP) is 0.389. The van der Waals surface area contributed by atoms with Crippen LogP contribution in [0.5, 0.6) is 0 Å². The summed E-state index contributed by atoms with van der Waals surface area (Å²) >= 11 is 0. The van der Waals surface area contributed by atoms with Crippen LogP contribution in [-0.4, -0.2) is 60.7 Å². The van der Waals surface area contributed by atoms with Crippen LogP contribution in [0.25, 0.3) is 0 Å². The molecule has 0 spiro atoms. The van der Waals surface area contributed by atoms with E-state index in [1.165, 1.54) is 6.92 Å². The molecule has 96 valence electrons. The molecule has 1 atom stereocenters. The molecule has 0 fully saturated rings. The fraction of sp³-hybridized carbons (Fsp3) is 0.750. The van der Waals surface area contributed by atoms with Crippen LogP contribution >= 0.6 is 0 Å².